The molecule has 6 heteroatoms. The minimum Gasteiger partial charge on any atom is -0.479 e. The normalized spacial score (nSPS) is 16.1. The van der Waals surface area contributed by atoms with Crippen LogP contribution in [0.4, 0.5) is 5.69 Å². The van der Waals surface area contributed by atoms with Crippen molar-refractivity contribution in [2.45, 2.75) is 20.0 Å². The van der Waals surface area contributed by atoms with Gasteiger partial charge in [-0.05, 0) is 31.5 Å². The van der Waals surface area contributed by atoms with Gasteiger partial charge in [0.1, 0.15) is 0 Å². The van der Waals surface area contributed by atoms with Gasteiger partial charge in [0.15, 0.2) is 6.10 Å². The first-order valence-electron chi connectivity index (χ1n) is 5.55. The molecule has 0 bridgehead atoms. The van der Waals surface area contributed by atoms with Crippen LogP contribution in [0.15, 0.2) is 36.7 Å². The maximum absolute atomic E-state index is 10.7. The zero-order valence-corrected chi connectivity index (χ0v) is 10.2. The molecule has 1 aliphatic heterocycles. The first-order valence-corrected chi connectivity index (χ1v) is 5.55. The smallest absolute Gasteiger partial charge is 0.335 e. The predicted molar refractivity (Wildman–Crippen MR) is 66.0 cm³/mol. The fourth-order valence-corrected chi connectivity index (χ4v) is 1.50. The summed E-state index contributed by atoms with van der Waals surface area (Å²) in [5.74, 6) is -1.01. The van der Waals surface area contributed by atoms with Gasteiger partial charge in [-0.2, -0.15) is 5.17 Å². The average Bonchev–Trinajstić information content (AvgIpc) is 2.77. The molecule has 0 saturated carbocycles. The summed E-state index contributed by atoms with van der Waals surface area (Å²) in [6, 6.07) is 7.89. The summed E-state index contributed by atoms with van der Waals surface area (Å²) < 4.78 is 0. The highest BCUT2D eigenvalue weighted by Gasteiger charge is 2.19. The van der Waals surface area contributed by atoms with Gasteiger partial charge in [0.05, 0.1) is 11.9 Å². The third-order valence-corrected chi connectivity index (χ3v) is 2.46. The van der Waals surface area contributed by atoms with Gasteiger partial charge in [0.2, 0.25) is 0 Å². The van der Waals surface area contributed by atoms with Crippen LogP contribution in [0.1, 0.15) is 12.5 Å². The molecule has 0 fully saturated rings. The monoisotopic (exact) mass is 249 g/mol. The molecule has 0 aliphatic carbocycles. The molecular weight excluding hydrogens is 234 g/mol. The minimum atomic E-state index is -1.01. The van der Waals surface area contributed by atoms with E-state index < -0.39 is 12.1 Å². The lowest BCUT2D eigenvalue weighted by Gasteiger charge is -2.23. The van der Waals surface area contributed by atoms with Crippen molar-refractivity contribution in [3.05, 3.63) is 42.2 Å². The van der Waals surface area contributed by atoms with Crippen molar-refractivity contribution in [1.82, 2.24) is 10.7 Å². The number of aryl methyl sites for hydroxylation is 1. The topological polar surface area (TPSA) is 65.0 Å². The van der Waals surface area contributed by atoms with Crippen LogP contribution >= 0.6 is 0 Å². The lowest BCUT2D eigenvalue weighted by Crippen LogP contribution is -2.42. The molecule has 18 heavy (non-hydrogen) atoms. The van der Waals surface area contributed by atoms with Crippen molar-refractivity contribution in [2.24, 2.45) is 0 Å². The summed E-state index contributed by atoms with van der Waals surface area (Å²) in [6.45, 7) is 3.47. The Kier molecular flexibility index (Phi) is 3.50. The van der Waals surface area contributed by atoms with Gasteiger partial charge in [0.25, 0.3) is 0 Å². The van der Waals surface area contributed by atoms with E-state index in [1.54, 1.807) is 17.4 Å². The number of hydrogen-bond donors (Lipinski definition) is 2. The molecule has 1 aromatic rings. The second kappa shape index (κ2) is 5.07. The maximum atomic E-state index is 10.7. The quantitative estimate of drug-likeness (QED) is 0.841. The van der Waals surface area contributed by atoms with E-state index >= 15 is 0 Å². The van der Waals surface area contributed by atoms with Crippen LogP contribution < -0.4 is 10.5 Å². The Morgan fingerprint density at radius 1 is 1.44 bits per heavy atom. The predicted octanol–water partition coefficient (Wildman–Crippen LogP) is 1.41. The lowest BCUT2D eigenvalue weighted by molar-refractivity contribution is -0.201. The molecule has 0 radical (unpaired) electrons. The minimum absolute atomic E-state index is 0.917. The van der Waals surface area contributed by atoms with Crippen LogP contribution in [-0.2, 0) is 9.63 Å². The molecule has 0 amide bonds. The van der Waals surface area contributed by atoms with Gasteiger partial charge in [-0.3, -0.25) is 5.01 Å². The van der Waals surface area contributed by atoms with Crippen molar-refractivity contribution < 1.29 is 14.7 Å². The number of hydrazine groups is 2. The Labute approximate surface area is 105 Å². The fourth-order valence-electron chi connectivity index (χ4n) is 1.50. The molecule has 1 atom stereocenters. The molecule has 1 aliphatic rings. The molecule has 1 aromatic carbocycles. The number of benzene rings is 1. The largest absolute Gasteiger partial charge is 0.479 e. The van der Waals surface area contributed by atoms with Crippen LogP contribution in [0.2, 0.25) is 0 Å². The van der Waals surface area contributed by atoms with E-state index in [0.29, 0.717) is 0 Å². The molecule has 0 saturated heterocycles. The van der Waals surface area contributed by atoms with Crippen molar-refractivity contribution in [3.63, 3.8) is 0 Å². The van der Waals surface area contributed by atoms with Crippen molar-refractivity contribution in [1.29, 1.82) is 0 Å². The number of carboxylic acids is 1. The number of nitrogens with zero attached hydrogens (tertiary/aromatic N) is 2. The van der Waals surface area contributed by atoms with Gasteiger partial charge in [0, 0.05) is 6.20 Å². The molecule has 6 nitrogen and oxygen atoms in total. The third kappa shape index (κ3) is 2.79. The highest BCUT2D eigenvalue weighted by atomic mass is 16.7. The van der Waals surface area contributed by atoms with Crippen LogP contribution in [0.25, 0.3) is 0 Å². The van der Waals surface area contributed by atoms with Gasteiger partial charge >= 0.3 is 5.97 Å². The Morgan fingerprint density at radius 2 is 2.22 bits per heavy atom. The fraction of sp³-hybridized carbons (Fsp3) is 0.250. The Bertz CT molecular complexity index is 475. The van der Waals surface area contributed by atoms with Crippen LogP contribution in [0.3, 0.4) is 0 Å². The highest BCUT2D eigenvalue weighted by Crippen LogP contribution is 2.17. The van der Waals surface area contributed by atoms with E-state index in [0.717, 1.165) is 11.3 Å². The van der Waals surface area contributed by atoms with Crippen molar-refractivity contribution in [2.75, 3.05) is 5.01 Å². The summed E-state index contributed by atoms with van der Waals surface area (Å²) >= 11 is 0. The van der Waals surface area contributed by atoms with Crippen LogP contribution in [-0.4, -0.2) is 22.4 Å². The van der Waals surface area contributed by atoms with E-state index in [9.17, 15) is 4.79 Å². The van der Waals surface area contributed by atoms with E-state index in [1.165, 1.54) is 12.1 Å². The molecule has 2 N–H and O–H groups in total. The Balaban J connectivity index is 1.97. The maximum Gasteiger partial charge on any atom is 0.335 e. The highest BCUT2D eigenvalue weighted by molar-refractivity contribution is 5.71. The molecule has 96 valence electrons. The summed E-state index contributed by atoms with van der Waals surface area (Å²) in [7, 11) is 0. The lowest BCUT2D eigenvalue weighted by atomic mass is 10.2. The van der Waals surface area contributed by atoms with Crippen molar-refractivity contribution in [3.8, 4) is 0 Å². The molecule has 1 unspecified atom stereocenters. The number of anilines is 1. The molecule has 0 aromatic heterocycles. The van der Waals surface area contributed by atoms with Gasteiger partial charge in [-0.15, -0.1) is 5.53 Å². The van der Waals surface area contributed by atoms with Gasteiger partial charge in [-0.25, -0.2) is 9.63 Å². The number of hydroxylamine groups is 1. The molecule has 1 heterocycles. The zero-order valence-electron chi connectivity index (χ0n) is 10.2. The number of hydrogen-bond acceptors (Lipinski definition) is 5. The van der Waals surface area contributed by atoms with E-state index in [-0.39, 0.29) is 0 Å². The van der Waals surface area contributed by atoms with E-state index in [4.69, 9.17) is 9.94 Å². The molecule has 0 spiro atoms. The SMILES string of the molecule is Cc1cccc(N2C=CN(OC(C)C(=O)O)N2)c1. The first kappa shape index (κ1) is 12.4. The van der Waals surface area contributed by atoms with E-state index in [2.05, 4.69) is 5.53 Å². The Morgan fingerprint density at radius 3 is 2.89 bits per heavy atom. The second-order valence-electron chi connectivity index (χ2n) is 4.02. The number of nitrogens with one attached hydrogen (secondary N) is 1. The number of rotatable bonds is 4. The first-order chi connectivity index (χ1) is 8.56. The summed E-state index contributed by atoms with van der Waals surface area (Å²) in [5, 5.41) is 11.7. The van der Waals surface area contributed by atoms with Crippen LogP contribution in [0.5, 0.6) is 0 Å². The summed E-state index contributed by atoms with van der Waals surface area (Å²) in [5.41, 5.74) is 4.97. The average molecular weight is 249 g/mol. The van der Waals surface area contributed by atoms with Crippen LogP contribution in [0, 0.1) is 6.92 Å². The standard InChI is InChI=1S/C12H15N3O3/c1-9-4-3-5-11(8-9)14-6-7-15(13-14)18-10(2)12(16)17/h3-8,10,13H,1-2H3,(H,16,17). The van der Waals surface area contributed by atoms with Gasteiger partial charge < -0.3 is 5.11 Å². The summed E-state index contributed by atoms with van der Waals surface area (Å²) in [4.78, 5) is 15.8. The van der Waals surface area contributed by atoms with Gasteiger partial charge in [-0.1, -0.05) is 12.1 Å². The number of carboxylic acid groups (broad SMARTS) is 1. The number of carbonyl (C=O) groups is 1. The molecule has 2 rings (SSSR count). The molecular formula is C12H15N3O3. The van der Waals surface area contributed by atoms with Crippen molar-refractivity contribution >= 4 is 11.7 Å². The summed E-state index contributed by atoms with van der Waals surface area (Å²) in [6.07, 6.45) is 2.45. The Hall–Kier alpha value is -2.05. The third-order valence-electron chi connectivity index (χ3n) is 2.46. The number of aliphatic carboxylic acids is 1. The van der Waals surface area contributed by atoms with E-state index in [1.807, 2.05) is 31.2 Å². The second-order valence-corrected chi connectivity index (χ2v) is 4.02. The zero-order chi connectivity index (χ0) is 13.1.